The molecule has 2 aliphatic rings. The predicted octanol–water partition coefficient (Wildman–Crippen LogP) is 12.1. The fourth-order valence-corrected chi connectivity index (χ4v) is 9.09. The fourth-order valence-electron chi connectivity index (χ4n) is 9.09. The third kappa shape index (κ3) is 29.7. The van der Waals surface area contributed by atoms with Gasteiger partial charge in [0.25, 0.3) is 0 Å². The zero-order valence-electron chi connectivity index (χ0n) is 41.2. The summed E-state index contributed by atoms with van der Waals surface area (Å²) in [5.41, 5.74) is 0. The molecule has 9 heteroatoms. The van der Waals surface area contributed by atoms with E-state index in [2.05, 4.69) is 41.9 Å². The summed E-state index contributed by atoms with van der Waals surface area (Å²) in [5, 5.41) is 10.1. The van der Waals surface area contributed by atoms with Crippen LogP contribution in [0.15, 0.2) is 24.3 Å². The molecule has 0 radical (unpaired) electrons. The number of carbonyl (C=O) groups is 4. The number of likely N-dealkylation sites (tertiary alicyclic amines) is 2. The monoisotopic (exact) mass is 882 g/mol. The molecule has 0 saturated carbocycles. The highest BCUT2D eigenvalue weighted by Crippen LogP contribution is 2.23. The third-order valence-electron chi connectivity index (χ3n) is 13.2. The number of hydrogen-bond donors (Lipinski definition) is 3. The third-order valence-corrected chi connectivity index (χ3v) is 13.2. The summed E-state index contributed by atoms with van der Waals surface area (Å²) in [6, 6.07) is 0. The van der Waals surface area contributed by atoms with Crippen molar-refractivity contribution in [3.05, 3.63) is 24.3 Å². The largest absolute Gasteiger partial charge is 0.314 e. The van der Waals surface area contributed by atoms with Crippen LogP contribution >= 0.6 is 0 Å². The van der Waals surface area contributed by atoms with Crippen LogP contribution in [-0.2, 0) is 19.2 Å². The highest BCUT2D eigenvalue weighted by atomic mass is 16.2. The molecule has 63 heavy (non-hydrogen) atoms. The van der Waals surface area contributed by atoms with Gasteiger partial charge in [-0.25, -0.2) is 0 Å². The molecule has 0 aromatic heterocycles. The Hall–Kier alpha value is -2.36. The summed E-state index contributed by atoms with van der Waals surface area (Å²) < 4.78 is 0. The van der Waals surface area contributed by atoms with Gasteiger partial charge in [0.2, 0.25) is 23.6 Å². The summed E-state index contributed by atoms with van der Waals surface area (Å²) in [4.78, 5) is 53.6. The molecular weight excluding hydrogens is 783 g/mol. The van der Waals surface area contributed by atoms with Crippen molar-refractivity contribution in [2.24, 2.45) is 11.8 Å². The number of allylic oxidation sites excluding steroid dienone is 2. The van der Waals surface area contributed by atoms with Gasteiger partial charge in [0, 0.05) is 65.2 Å². The van der Waals surface area contributed by atoms with Gasteiger partial charge < -0.3 is 16.0 Å². The summed E-state index contributed by atoms with van der Waals surface area (Å²) in [7, 11) is 0. The van der Waals surface area contributed by atoms with E-state index in [1.807, 2.05) is 12.2 Å². The number of rotatable bonds is 46. The van der Waals surface area contributed by atoms with Crippen LogP contribution in [0.25, 0.3) is 0 Å². The van der Waals surface area contributed by atoms with Crippen LogP contribution in [0.5, 0.6) is 0 Å². The second-order valence-electron chi connectivity index (χ2n) is 19.0. The standard InChI is InChI=1S/C54H99N5O4/c1-3-5-7-9-11-13-15-17-19-21-22-24-26-28-30-32-34-36-38-50-48-52(61)59(54(50)63)46-44-57-42-40-55-39-41-56-43-45-58-51(60)47-49(53(58)62)37-35-33-31-29-27-25-23-20-18-16-14-12-10-8-6-4-2/h35-38,49-50,55-57H,3-34,39-48H2,1-2H3/b37-35+,38-36+. The molecule has 2 rings (SSSR count). The zero-order valence-corrected chi connectivity index (χ0v) is 41.2. The molecule has 4 amide bonds. The second-order valence-corrected chi connectivity index (χ2v) is 19.0. The summed E-state index contributed by atoms with van der Waals surface area (Å²) >= 11 is 0. The Kier molecular flexibility index (Phi) is 37.0. The zero-order chi connectivity index (χ0) is 45.3. The minimum atomic E-state index is -0.304. The first-order valence-corrected chi connectivity index (χ1v) is 27.1. The number of nitrogens with zero attached hydrogens (tertiary/aromatic N) is 2. The molecular formula is C54H99N5O4. The Morgan fingerprint density at radius 3 is 0.921 bits per heavy atom. The smallest absolute Gasteiger partial charge is 0.236 e. The van der Waals surface area contributed by atoms with Crippen LogP contribution in [-0.4, -0.2) is 85.8 Å². The van der Waals surface area contributed by atoms with Crippen molar-refractivity contribution in [2.75, 3.05) is 52.4 Å². The fraction of sp³-hybridized carbons (Fsp3) is 0.852. The Morgan fingerprint density at radius 1 is 0.381 bits per heavy atom. The van der Waals surface area contributed by atoms with Crippen LogP contribution in [0.2, 0.25) is 0 Å². The molecule has 2 heterocycles. The van der Waals surface area contributed by atoms with Crippen molar-refractivity contribution in [1.29, 1.82) is 0 Å². The van der Waals surface area contributed by atoms with Crippen molar-refractivity contribution in [1.82, 2.24) is 25.8 Å². The van der Waals surface area contributed by atoms with Crippen molar-refractivity contribution in [3.8, 4) is 0 Å². The summed E-state index contributed by atoms with van der Waals surface area (Å²) in [6.45, 7) is 9.56. The van der Waals surface area contributed by atoms with Gasteiger partial charge in [0.1, 0.15) is 0 Å². The molecule has 364 valence electrons. The highest BCUT2D eigenvalue weighted by Gasteiger charge is 2.37. The van der Waals surface area contributed by atoms with Crippen LogP contribution in [0.3, 0.4) is 0 Å². The van der Waals surface area contributed by atoms with E-state index in [0.717, 1.165) is 51.9 Å². The first-order chi connectivity index (χ1) is 31.0. The summed E-state index contributed by atoms with van der Waals surface area (Å²) in [6.07, 6.45) is 51.5. The number of carbonyl (C=O) groups excluding carboxylic acids is 4. The first-order valence-electron chi connectivity index (χ1n) is 27.1. The highest BCUT2D eigenvalue weighted by molar-refractivity contribution is 6.05. The molecule has 0 spiro atoms. The van der Waals surface area contributed by atoms with Crippen LogP contribution < -0.4 is 16.0 Å². The lowest BCUT2D eigenvalue weighted by molar-refractivity contribution is -0.140. The average molecular weight is 882 g/mol. The lowest BCUT2D eigenvalue weighted by atomic mass is 10.0. The van der Waals surface area contributed by atoms with Crippen LogP contribution in [0.4, 0.5) is 0 Å². The van der Waals surface area contributed by atoms with E-state index in [1.54, 1.807) is 0 Å². The van der Waals surface area contributed by atoms with Gasteiger partial charge in [-0.1, -0.05) is 218 Å². The van der Waals surface area contributed by atoms with Crippen molar-refractivity contribution in [3.63, 3.8) is 0 Å². The van der Waals surface area contributed by atoms with E-state index < -0.39 is 0 Å². The molecule has 3 N–H and O–H groups in total. The van der Waals surface area contributed by atoms with Gasteiger partial charge in [-0.3, -0.25) is 29.0 Å². The van der Waals surface area contributed by atoms with E-state index in [9.17, 15) is 19.2 Å². The van der Waals surface area contributed by atoms with Crippen molar-refractivity contribution < 1.29 is 19.2 Å². The SMILES string of the molecule is CCCCCCCCCCCCCCCC/C=C/C1CC(=O)N(CCNCCNCCNCCN2C(=O)CC(/C=C/CCCCCCCCCCCCCCCCCC)C2=O)C1=O. The van der Waals surface area contributed by atoms with Gasteiger partial charge in [-0.15, -0.1) is 0 Å². The summed E-state index contributed by atoms with van der Waals surface area (Å²) in [5.74, 6) is -0.866. The van der Waals surface area contributed by atoms with Crippen molar-refractivity contribution in [2.45, 2.75) is 232 Å². The molecule has 2 atom stereocenters. The number of unbranched alkanes of at least 4 members (excludes halogenated alkanes) is 30. The van der Waals surface area contributed by atoms with E-state index in [-0.39, 0.29) is 35.5 Å². The quantitative estimate of drug-likeness (QED) is 0.0317. The maximum Gasteiger partial charge on any atom is 0.236 e. The second kappa shape index (κ2) is 41.1. The van der Waals surface area contributed by atoms with Gasteiger partial charge in [-0.05, 0) is 25.7 Å². The van der Waals surface area contributed by atoms with E-state index in [1.165, 1.54) is 190 Å². The van der Waals surface area contributed by atoms with Crippen LogP contribution in [0.1, 0.15) is 232 Å². The maximum atomic E-state index is 12.9. The first kappa shape index (κ1) is 56.8. The molecule has 2 unspecified atom stereocenters. The Bertz CT molecular complexity index is 1210. The molecule has 0 bridgehead atoms. The Morgan fingerprint density at radius 2 is 0.635 bits per heavy atom. The average Bonchev–Trinajstić information content (AvgIpc) is 3.71. The van der Waals surface area contributed by atoms with Gasteiger partial charge >= 0.3 is 0 Å². The van der Waals surface area contributed by atoms with E-state index >= 15 is 0 Å². The van der Waals surface area contributed by atoms with Crippen LogP contribution in [0, 0.1) is 11.8 Å². The molecule has 0 aromatic rings. The lowest BCUT2D eigenvalue weighted by Crippen LogP contribution is -2.40. The number of imide groups is 2. The molecule has 0 aliphatic carbocycles. The molecule has 2 saturated heterocycles. The Labute approximate surface area is 388 Å². The van der Waals surface area contributed by atoms with Gasteiger partial charge in [-0.2, -0.15) is 0 Å². The van der Waals surface area contributed by atoms with Crippen molar-refractivity contribution >= 4 is 23.6 Å². The topological polar surface area (TPSA) is 111 Å². The normalized spacial score (nSPS) is 17.0. The van der Waals surface area contributed by atoms with E-state index in [0.29, 0.717) is 39.0 Å². The number of amides is 4. The maximum absolute atomic E-state index is 12.9. The number of hydrogen-bond acceptors (Lipinski definition) is 7. The van der Waals surface area contributed by atoms with Gasteiger partial charge in [0.05, 0.1) is 11.8 Å². The minimum absolute atomic E-state index is 0.0612. The lowest BCUT2D eigenvalue weighted by Gasteiger charge is -2.15. The van der Waals surface area contributed by atoms with E-state index in [4.69, 9.17) is 0 Å². The Balaban J connectivity index is 1.36. The van der Waals surface area contributed by atoms with Gasteiger partial charge in [0.15, 0.2) is 0 Å². The predicted molar refractivity (Wildman–Crippen MR) is 266 cm³/mol. The molecule has 2 aliphatic heterocycles. The minimum Gasteiger partial charge on any atom is -0.314 e. The molecule has 9 nitrogen and oxygen atoms in total. The number of nitrogens with one attached hydrogen (secondary N) is 3. The molecule has 0 aromatic carbocycles. The molecule has 2 fully saturated rings.